The first kappa shape index (κ1) is 59.7. The van der Waals surface area contributed by atoms with E-state index in [2.05, 4.69) is 56.3 Å². The maximum Gasteiger partial charge on any atom is 0.501 e. The highest BCUT2D eigenvalue weighted by Crippen LogP contribution is 2.43. The number of piperidine rings is 1. The molecule has 0 saturated carbocycles. The standard InChI is InChI=1S/C58H65ClF4N8O7S3/c1-57(2)22-20-48(39-8-12-43(59)13-9-39)41(33-57)36-70-28-30-71(31-29-70)45-14-10-40(11-15-45)55(73)67-81(77,78)47-16-18-51(52(32-47)80(75,76)58(61,62)63)65-44(38-79-46-6-4-3-5-7-46)21-23-68-24-26-69(27-25-68)37-42-34-64-35-50(54(42)60)49-17-19-53(72)66-56(49)74/h3-16,18,32,34-35,44,49,65H,17,19-31,33,36-38H2,1-2H3,(H,67,73)(H,66,72,74)/t44-,49?/m1/s1. The molecule has 4 heterocycles. The van der Waals surface area contributed by atoms with Crippen molar-refractivity contribution in [2.24, 2.45) is 5.41 Å². The summed E-state index contributed by atoms with van der Waals surface area (Å²) in [6, 6.07) is 25.3. The van der Waals surface area contributed by atoms with Crippen molar-refractivity contribution >= 4 is 77.9 Å². The fourth-order valence-corrected chi connectivity index (χ4v) is 14.1. The summed E-state index contributed by atoms with van der Waals surface area (Å²) in [5.74, 6) is -3.12. The lowest BCUT2D eigenvalue weighted by atomic mass is 9.73. The molecule has 15 nitrogen and oxygen atoms in total. The number of carbonyl (C=O) groups excluding carboxylic acids is 3. The number of amides is 3. The molecule has 3 fully saturated rings. The van der Waals surface area contributed by atoms with Crippen LogP contribution in [0.3, 0.4) is 0 Å². The minimum absolute atomic E-state index is 0.0350. The molecular formula is C58H65ClF4N8O7S3. The van der Waals surface area contributed by atoms with Crippen LogP contribution in [0, 0.1) is 11.2 Å². The van der Waals surface area contributed by atoms with Crippen LogP contribution in [0.25, 0.3) is 5.57 Å². The van der Waals surface area contributed by atoms with Gasteiger partial charge in [-0.05, 0) is 115 Å². The smallest absolute Gasteiger partial charge is 0.380 e. The largest absolute Gasteiger partial charge is 0.501 e. The molecule has 4 aliphatic rings. The molecule has 23 heteroatoms. The summed E-state index contributed by atoms with van der Waals surface area (Å²) in [4.78, 5) is 49.3. The molecule has 3 N–H and O–H groups in total. The van der Waals surface area contributed by atoms with Gasteiger partial charge in [0.25, 0.3) is 25.8 Å². The average molecular weight is 1190 g/mol. The van der Waals surface area contributed by atoms with Crippen molar-refractivity contribution in [3.63, 3.8) is 0 Å². The number of halogens is 5. The maximum atomic E-state index is 15.8. The molecular weight excluding hydrogens is 1130 g/mol. The molecule has 0 bridgehead atoms. The van der Waals surface area contributed by atoms with E-state index in [-0.39, 0.29) is 41.7 Å². The highest BCUT2D eigenvalue weighted by molar-refractivity contribution is 7.99. The van der Waals surface area contributed by atoms with Gasteiger partial charge in [0.2, 0.25) is 11.8 Å². The van der Waals surface area contributed by atoms with Crippen molar-refractivity contribution in [3.8, 4) is 0 Å². The van der Waals surface area contributed by atoms with Crippen LogP contribution in [0.15, 0.2) is 130 Å². The monoisotopic (exact) mass is 1190 g/mol. The van der Waals surface area contributed by atoms with Gasteiger partial charge in [-0.1, -0.05) is 61.4 Å². The summed E-state index contributed by atoms with van der Waals surface area (Å²) in [6.07, 6.45) is 6.43. The molecule has 0 spiro atoms. The van der Waals surface area contributed by atoms with Gasteiger partial charge >= 0.3 is 5.51 Å². The van der Waals surface area contributed by atoms with Gasteiger partial charge in [-0.3, -0.25) is 34.5 Å². The maximum absolute atomic E-state index is 15.8. The van der Waals surface area contributed by atoms with E-state index in [1.165, 1.54) is 53.0 Å². The third kappa shape index (κ3) is 14.9. The zero-order chi connectivity index (χ0) is 57.7. The topological polar surface area (TPSA) is 181 Å². The molecule has 1 aliphatic carbocycles. The normalized spacial score (nSPS) is 19.3. The Morgan fingerprint density at radius 2 is 1.51 bits per heavy atom. The van der Waals surface area contributed by atoms with Crippen molar-refractivity contribution in [2.45, 2.75) is 91.1 Å². The zero-order valence-electron chi connectivity index (χ0n) is 45.0. The first-order valence-corrected chi connectivity index (χ1v) is 31.3. The van der Waals surface area contributed by atoms with E-state index >= 15 is 4.39 Å². The Kier molecular flexibility index (Phi) is 18.7. The first-order valence-electron chi connectivity index (χ1n) is 26.9. The number of rotatable bonds is 19. The van der Waals surface area contributed by atoms with Gasteiger partial charge in [0, 0.05) is 135 Å². The lowest BCUT2D eigenvalue weighted by Gasteiger charge is -2.39. The van der Waals surface area contributed by atoms with Gasteiger partial charge in [0.05, 0.1) is 16.5 Å². The molecule has 81 heavy (non-hydrogen) atoms. The number of nitrogens with one attached hydrogen (secondary N) is 3. The summed E-state index contributed by atoms with van der Waals surface area (Å²) >= 11 is 7.60. The van der Waals surface area contributed by atoms with Crippen LogP contribution in [0.4, 0.5) is 28.9 Å². The molecule has 3 amide bonds. The number of carbonyl (C=O) groups is 3. The fraction of sp³-hybridized carbons (Fsp3) is 0.414. The summed E-state index contributed by atoms with van der Waals surface area (Å²) in [6.45, 7) is 11.3. The number of sulfone groups is 1. The minimum atomic E-state index is -6.16. The summed E-state index contributed by atoms with van der Waals surface area (Å²) in [7, 11) is -11.1. The van der Waals surface area contributed by atoms with Gasteiger partial charge in [0.1, 0.15) is 10.7 Å². The molecule has 3 aliphatic heterocycles. The Labute approximate surface area is 479 Å². The van der Waals surface area contributed by atoms with E-state index in [1.807, 2.05) is 52.1 Å². The average Bonchev–Trinajstić information content (AvgIpc) is 3.60. The van der Waals surface area contributed by atoms with E-state index in [0.29, 0.717) is 68.9 Å². The Morgan fingerprint density at radius 3 is 2.19 bits per heavy atom. The minimum Gasteiger partial charge on any atom is -0.380 e. The number of hydrogen-bond acceptors (Lipinski definition) is 14. The zero-order valence-corrected chi connectivity index (χ0v) is 48.2. The Balaban J connectivity index is 0.837. The number of pyridine rings is 1. The predicted octanol–water partition coefficient (Wildman–Crippen LogP) is 9.37. The second-order valence-corrected chi connectivity index (χ2v) is 27.0. The second-order valence-electron chi connectivity index (χ2n) is 21.9. The Hall–Kier alpha value is -5.88. The lowest BCUT2D eigenvalue weighted by Crippen LogP contribution is -2.47. The SMILES string of the molecule is CC1(C)CCC(c2ccc(Cl)cc2)=C(CN2CCN(c3ccc(C(=O)NS(=O)(=O)c4ccc(N[C@H](CCN5CCN(Cc6cncc(C7CCC(=O)NC7=O)c6F)CC5)CSc5ccccc5)c(S(=O)(=O)C(F)(F)F)c4)cc3)CC2)C1. The molecule has 432 valence electrons. The van der Waals surface area contributed by atoms with E-state index in [4.69, 9.17) is 11.6 Å². The highest BCUT2D eigenvalue weighted by atomic mass is 35.5. The number of allylic oxidation sites excluding steroid dienone is 1. The lowest BCUT2D eigenvalue weighted by molar-refractivity contribution is -0.134. The van der Waals surface area contributed by atoms with Gasteiger partial charge in [-0.2, -0.15) is 13.2 Å². The van der Waals surface area contributed by atoms with E-state index in [9.17, 15) is 44.4 Å². The summed E-state index contributed by atoms with van der Waals surface area (Å²) in [5.41, 5.74) is -0.843. The van der Waals surface area contributed by atoms with Crippen molar-refractivity contribution in [1.82, 2.24) is 29.7 Å². The highest BCUT2D eigenvalue weighted by Gasteiger charge is 2.49. The van der Waals surface area contributed by atoms with Crippen LogP contribution < -0.4 is 20.3 Å². The number of piperazine rings is 2. The van der Waals surface area contributed by atoms with Crippen molar-refractivity contribution in [3.05, 3.63) is 148 Å². The van der Waals surface area contributed by atoms with Gasteiger partial charge in [-0.25, -0.2) is 25.9 Å². The van der Waals surface area contributed by atoms with Gasteiger partial charge in [-0.15, -0.1) is 11.8 Å². The predicted molar refractivity (Wildman–Crippen MR) is 306 cm³/mol. The van der Waals surface area contributed by atoms with Crippen molar-refractivity contribution in [1.29, 1.82) is 0 Å². The number of imide groups is 1. The number of sulfonamides is 1. The number of anilines is 2. The third-order valence-corrected chi connectivity index (χ3v) is 19.8. The molecule has 3 saturated heterocycles. The van der Waals surface area contributed by atoms with Crippen LogP contribution in [-0.2, 0) is 36.0 Å². The second kappa shape index (κ2) is 25.3. The number of alkyl halides is 3. The molecule has 9 rings (SSSR count). The van der Waals surface area contributed by atoms with Crippen LogP contribution >= 0.6 is 23.4 Å². The molecule has 2 atom stereocenters. The van der Waals surface area contributed by atoms with E-state index in [0.717, 1.165) is 61.6 Å². The molecule has 1 unspecified atom stereocenters. The van der Waals surface area contributed by atoms with Crippen LogP contribution in [0.1, 0.15) is 85.3 Å². The molecule has 1 aromatic heterocycles. The number of hydrogen-bond donors (Lipinski definition) is 3. The quantitative estimate of drug-likeness (QED) is 0.0404. The Bertz CT molecular complexity index is 3360. The van der Waals surface area contributed by atoms with Gasteiger partial charge < -0.3 is 15.1 Å². The third-order valence-electron chi connectivity index (χ3n) is 15.5. The van der Waals surface area contributed by atoms with E-state index < -0.39 is 76.3 Å². The van der Waals surface area contributed by atoms with E-state index in [1.54, 1.807) is 12.1 Å². The number of nitrogens with zero attached hydrogens (tertiary/aromatic N) is 5. The number of benzene rings is 4. The summed E-state index contributed by atoms with van der Waals surface area (Å²) < 4.78 is 115. The van der Waals surface area contributed by atoms with Crippen LogP contribution in [0.2, 0.25) is 5.02 Å². The first-order chi connectivity index (χ1) is 38.5. The number of thioether (sulfide) groups is 1. The molecule has 0 radical (unpaired) electrons. The van der Waals surface area contributed by atoms with Crippen LogP contribution in [0.5, 0.6) is 0 Å². The van der Waals surface area contributed by atoms with Gasteiger partial charge in [0.15, 0.2) is 0 Å². The van der Waals surface area contributed by atoms with Crippen LogP contribution in [-0.4, -0.2) is 137 Å². The number of aromatic nitrogens is 1. The Morgan fingerprint density at radius 1 is 0.840 bits per heavy atom. The fourth-order valence-electron chi connectivity index (χ4n) is 10.9. The van der Waals surface area contributed by atoms with Crippen molar-refractivity contribution < 1.29 is 48.8 Å². The summed E-state index contributed by atoms with van der Waals surface area (Å²) in [5, 5.41) is 5.96. The molecule has 4 aromatic carbocycles. The van der Waals surface area contributed by atoms with Crippen molar-refractivity contribution in [2.75, 3.05) is 81.4 Å². The molecule has 5 aromatic rings.